The maximum Gasteiger partial charge on any atom is 0.262 e. The van der Waals surface area contributed by atoms with Gasteiger partial charge >= 0.3 is 0 Å². The van der Waals surface area contributed by atoms with Crippen LogP contribution in [0.15, 0.2) is 28.8 Å². The Balaban J connectivity index is 1.53. The molecule has 1 atom stereocenters. The molecule has 6 heteroatoms. The van der Waals surface area contributed by atoms with Gasteiger partial charge in [0.05, 0.1) is 24.6 Å². The summed E-state index contributed by atoms with van der Waals surface area (Å²) in [6.07, 6.45) is 0. The molecule has 0 saturated carbocycles. The highest BCUT2D eigenvalue weighted by atomic mass is 16.5. The van der Waals surface area contributed by atoms with Crippen LogP contribution in [0.4, 0.5) is 0 Å². The molecule has 0 aliphatic carbocycles. The first kappa shape index (κ1) is 13.4. The summed E-state index contributed by atoms with van der Waals surface area (Å²) in [5.41, 5.74) is 6.83. The van der Waals surface area contributed by atoms with E-state index in [-0.39, 0.29) is 6.04 Å². The van der Waals surface area contributed by atoms with Gasteiger partial charge in [-0.1, -0.05) is 12.1 Å². The number of ether oxygens (including phenoxy) is 2. The minimum Gasteiger partial charge on any atom is -0.473 e. The van der Waals surface area contributed by atoms with Gasteiger partial charge in [0.15, 0.2) is 5.58 Å². The second kappa shape index (κ2) is 6.21. The number of hydrogen-bond acceptors (Lipinski definition) is 6. The Kier molecular flexibility index (Phi) is 4.15. The maximum absolute atomic E-state index is 6.10. The van der Waals surface area contributed by atoms with E-state index in [9.17, 15) is 0 Å². The summed E-state index contributed by atoms with van der Waals surface area (Å²) in [5.74, 6) is 0.512. The molecule has 0 spiro atoms. The zero-order valence-electron chi connectivity index (χ0n) is 11.3. The van der Waals surface area contributed by atoms with Crippen molar-refractivity contribution >= 4 is 11.0 Å². The Bertz CT molecular complexity index is 551. The molecule has 108 valence electrons. The van der Waals surface area contributed by atoms with E-state index in [1.54, 1.807) is 0 Å². The molecule has 20 heavy (non-hydrogen) atoms. The van der Waals surface area contributed by atoms with Crippen LogP contribution < -0.4 is 10.5 Å². The Morgan fingerprint density at radius 2 is 2.10 bits per heavy atom. The van der Waals surface area contributed by atoms with Crippen LogP contribution in [0, 0.1) is 0 Å². The minimum absolute atomic E-state index is 0.0523. The van der Waals surface area contributed by atoms with Crippen LogP contribution in [0.25, 0.3) is 11.0 Å². The first-order valence-corrected chi connectivity index (χ1v) is 6.86. The monoisotopic (exact) mass is 277 g/mol. The van der Waals surface area contributed by atoms with Crippen LogP contribution in [-0.2, 0) is 4.74 Å². The highest BCUT2D eigenvalue weighted by Crippen LogP contribution is 2.24. The van der Waals surface area contributed by atoms with Crippen molar-refractivity contribution in [3.63, 3.8) is 0 Å². The van der Waals surface area contributed by atoms with E-state index in [2.05, 4.69) is 10.1 Å². The molecule has 3 rings (SSSR count). The molecule has 2 aromatic rings. The van der Waals surface area contributed by atoms with Crippen molar-refractivity contribution in [2.45, 2.75) is 6.04 Å². The van der Waals surface area contributed by atoms with Gasteiger partial charge in [-0.2, -0.15) is 0 Å². The highest BCUT2D eigenvalue weighted by molar-refractivity contribution is 5.81. The molecule has 1 aromatic heterocycles. The predicted molar refractivity (Wildman–Crippen MR) is 74.7 cm³/mol. The summed E-state index contributed by atoms with van der Waals surface area (Å²) in [7, 11) is 0. The minimum atomic E-state index is -0.0523. The molecule has 1 unspecified atom stereocenters. The Morgan fingerprint density at radius 1 is 1.30 bits per heavy atom. The zero-order valence-corrected chi connectivity index (χ0v) is 11.3. The van der Waals surface area contributed by atoms with Gasteiger partial charge in [-0.25, -0.2) is 0 Å². The largest absolute Gasteiger partial charge is 0.473 e. The molecular formula is C14H19N3O3. The second-order valence-electron chi connectivity index (χ2n) is 4.97. The van der Waals surface area contributed by atoms with E-state index in [1.165, 1.54) is 0 Å². The lowest BCUT2D eigenvalue weighted by Crippen LogP contribution is -2.45. The molecule has 1 saturated heterocycles. The third kappa shape index (κ3) is 3.09. The summed E-state index contributed by atoms with van der Waals surface area (Å²) in [6, 6.07) is 7.57. The quantitative estimate of drug-likeness (QED) is 0.874. The molecule has 6 nitrogen and oxygen atoms in total. The van der Waals surface area contributed by atoms with E-state index in [1.807, 2.05) is 24.3 Å². The Hall–Kier alpha value is -1.63. The lowest BCUT2D eigenvalue weighted by molar-refractivity contribution is 0.0329. The molecule has 0 bridgehead atoms. The maximum atomic E-state index is 6.10. The third-order valence-corrected chi connectivity index (χ3v) is 3.37. The topological polar surface area (TPSA) is 73.8 Å². The first-order valence-electron chi connectivity index (χ1n) is 6.86. The van der Waals surface area contributed by atoms with Crippen molar-refractivity contribution in [3.05, 3.63) is 24.3 Å². The van der Waals surface area contributed by atoms with Gasteiger partial charge in [0.2, 0.25) is 0 Å². The summed E-state index contributed by atoms with van der Waals surface area (Å²) < 4.78 is 16.2. The number of rotatable bonds is 5. The zero-order chi connectivity index (χ0) is 13.8. The average Bonchev–Trinajstić information content (AvgIpc) is 2.89. The summed E-state index contributed by atoms with van der Waals surface area (Å²) in [5, 5.41) is 4.81. The molecular weight excluding hydrogens is 258 g/mol. The van der Waals surface area contributed by atoms with Crippen LogP contribution in [0.2, 0.25) is 0 Å². The average molecular weight is 277 g/mol. The van der Waals surface area contributed by atoms with Crippen molar-refractivity contribution < 1.29 is 14.0 Å². The van der Waals surface area contributed by atoms with Crippen LogP contribution >= 0.6 is 0 Å². The molecule has 1 aliphatic heterocycles. The number of para-hydroxylation sites is 1. The van der Waals surface area contributed by atoms with Crippen LogP contribution in [0.5, 0.6) is 5.88 Å². The standard InChI is InChI=1S/C14H19N3O3/c15-11(9-17-5-7-18-8-6-17)10-19-14-12-3-1-2-4-13(12)20-16-14/h1-4,11H,5-10,15H2. The lowest BCUT2D eigenvalue weighted by Gasteiger charge is -2.28. The van der Waals surface area contributed by atoms with Gasteiger partial charge < -0.3 is 19.7 Å². The normalized spacial score (nSPS) is 18.2. The fraction of sp³-hybridized carbons (Fsp3) is 0.500. The van der Waals surface area contributed by atoms with Crippen LogP contribution in [0.1, 0.15) is 0 Å². The molecule has 0 amide bonds. The van der Waals surface area contributed by atoms with Gasteiger partial charge in [-0.15, -0.1) is 0 Å². The third-order valence-electron chi connectivity index (χ3n) is 3.37. The Morgan fingerprint density at radius 3 is 2.95 bits per heavy atom. The highest BCUT2D eigenvalue weighted by Gasteiger charge is 2.15. The SMILES string of the molecule is NC(COc1noc2ccccc12)CN1CCOCC1. The van der Waals surface area contributed by atoms with Gasteiger partial charge in [0.25, 0.3) is 5.88 Å². The number of benzene rings is 1. The lowest BCUT2D eigenvalue weighted by atomic mass is 10.2. The van der Waals surface area contributed by atoms with Gasteiger partial charge in [-0.3, -0.25) is 4.90 Å². The first-order chi connectivity index (χ1) is 9.83. The number of aromatic nitrogens is 1. The van der Waals surface area contributed by atoms with Crippen molar-refractivity contribution in [1.29, 1.82) is 0 Å². The van der Waals surface area contributed by atoms with Crippen molar-refractivity contribution in [2.24, 2.45) is 5.73 Å². The van der Waals surface area contributed by atoms with E-state index in [0.717, 1.165) is 43.8 Å². The molecule has 1 aliphatic rings. The smallest absolute Gasteiger partial charge is 0.262 e. The number of fused-ring (bicyclic) bond motifs is 1. The van der Waals surface area contributed by atoms with E-state index in [0.29, 0.717) is 12.5 Å². The molecule has 2 heterocycles. The fourth-order valence-electron chi connectivity index (χ4n) is 2.32. The predicted octanol–water partition coefficient (Wildman–Crippen LogP) is 0.866. The Labute approximate surface area is 117 Å². The van der Waals surface area contributed by atoms with Crippen molar-refractivity contribution in [3.8, 4) is 5.88 Å². The molecule has 0 radical (unpaired) electrons. The van der Waals surface area contributed by atoms with E-state index in [4.69, 9.17) is 19.7 Å². The molecule has 2 N–H and O–H groups in total. The number of nitrogens with zero attached hydrogens (tertiary/aromatic N) is 2. The van der Waals surface area contributed by atoms with E-state index < -0.39 is 0 Å². The summed E-state index contributed by atoms with van der Waals surface area (Å²) >= 11 is 0. The number of nitrogens with two attached hydrogens (primary N) is 1. The van der Waals surface area contributed by atoms with E-state index >= 15 is 0 Å². The van der Waals surface area contributed by atoms with Crippen LogP contribution in [-0.4, -0.2) is 55.6 Å². The summed E-state index contributed by atoms with van der Waals surface area (Å²) in [4.78, 5) is 2.29. The number of hydrogen-bond donors (Lipinski definition) is 1. The summed E-state index contributed by atoms with van der Waals surface area (Å²) in [6.45, 7) is 4.65. The van der Waals surface area contributed by atoms with Crippen molar-refractivity contribution in [2.75, 3.05) is 39.5 Å². The van der Waals surface area contributed by atoms with Crippen LogP contribution in [0.3, 0.4) is 0 Å². The van der Waals surface area contributed by atoms with Gasteiger partial charge in [0.1, 0.15) is 6.61 Å². The fourth-order valence-corrected chi connectivity index (χ4v) is 2.32. The van der Waals surface area contributed by atoms with Crippen molar-refractivity contribution in [1.82, 2.24) is 10.1 Å². The van der Waals surface area contributed by atoms with Gasteiger partial charge in [0, 0.05) is 19.6 Å². The van der Waals surface area contributed by atoms with Gasteiger partial charge in [-0.05, 0) is 17.3 Å². The molecule has 1 fully saturated rings. The molecule has 1 aromatic carbocycles. The second-order valence-corrected chi connectivity index (χ2v) is 4.97. The number of morpholine rings is 1.